The fourth-order valence-corrected chi connectivity index (χ4v) is 5.23. The van der Waals surface area contributed by atoms with Gasteiger partial charge in [-0.2, -0.15) is 0 Å². The fraction of sp³-hybridized carbons (Fsp3) is 0.692. The van der Waals surface area contributed by atoms with Crippen molar-refractivity contribution in [2.75, 3.05) is 13.1 Å². The quantitative estimate of drug-likeness (QED) is 0.0982. The summed E-state index contributed by atoms with van der Waals surface area (Å²) in [4.78, 5) is 101. The zero-order valence-corrected chi connectivity index (χ0v) is 24.1. The first-order valence-corrected chi connectivity index (χ1v) is 14.0. The molecule has 17 nitrogen and oxygen atoms in total. The van der Waals surface area contributed by atoms with E-state index >= 15 is 0 Å². The molecule has 0 bridgehead atoms. The van der Waals surface area contributed by atoms with E-state index in [1.165, 1.54) is 11.8 Å². The average Bonchev–Trinajstić information content (AvgIpc) is 3.61. The summed E-state index contributed by atoms with van der Waals surface area (Å²) in [5.74, 6) is -6.96. The molecule has 8 N–H and O–H groups in total. The molecular weight excluding hydrogens is 572 g/mol. The van der Waals surface area contributed by atoms with Gasteiger partial charge < -0.3 is 46.8 Å². The smallest absolute Gasteiger partial charge is 0.303 e. The van der Waals surface area contributed by atoms with E-state index in [0.29, 0.717) is 19.3 Å². The molecule has 240 valence electrons. The van der Waals surface area contributed by atoms with E-state index in [9.17, 15) is 43.5 Å². The second kappa shape index (κ2) is 15.8. The molecule has 17 heteroatoms. The molecule has 2 aliphatic heterocycles. The van der Waals surface area contributed by atoms with Crippen LogP contribution in [0, 0.1) is 0 Å². The van der Waals surface area contributed by atoms with Crippen molar-refractivity contribution >= 4 is 47.4 Å². The number of aliphatic hydroxyl groups excluding tert-OH is 1. The van der Waals surface area contributed by atoms with Crippen molar-refractivity contribution < 1.29 is 53.7 Å². The van der Waals surface area contributed by atoms with Gasteiger partial charge in [-0.05, 0) is 45.4 Å². The Labute approximate surface area is 247 Å². The summed E-state index contributed by atoms with van der Waals surface area (Å²) in [5, 5.41) is 35.6. The fourth-order valence-electron chi connectivity index (χ4n) is 5.23. The molecule has 0 saturated carbocycles. The largest absolute Gasteiger partial charge is 0.481 e. The maximum Gasteiger partial charge on any atom is 0.303 e. The summed E-state index contributed by atoms with van der Waals surface area (Å²) < 4.78 is 0. The van der Waals surface area contributed by atoms with Crippen LogP contribution in [0.3, 0.4) is 0 Å². The lowest BCUT2D eigenvalue weighted by Gasteiger charge is -2.32. The summed E-state index contributed by atoms with van der Waals surface area (Å²) in [6, 6.07) is -6.22. The maximum atomic E-state index is 13.5. The Balaban J connectivity index is 2.21. The number of nitrogens with two attached hydrogens (primary N) is 1. The topological polar surface area (TPSA) is 266 Å². The average molecular weight is 613 g/mol. The van der Waals surface area contributed by atoms with E-state index in [4.69, 9.17) is 15.9 Å². The number of aliphatic carboxylic acids is 2. The van der Waals surface area contributed by atoms with Crippen LogP contribution in [-0.4, -0.2) is 122 Å². The van der Waals surface area contributed by atoms with Gasteiger partial charge in [0.15, 0.2) is 0 Å². The van der Waals surface area contributed by atoms with Crippen molar-refractivity contribution in [1.82, 2.24) is 25.8 Å². The Morgan fingerprint density at radius 3 is 1.79 bits per heavy atom. The first-order chi connectivity index (χ1) is 20.1. The number of carboxylic acid groups (broad SMARTS) is 2. The third-order valence-electron chi connectivity index (χ3n) is 7.35. The first-order valence-electron chi connectivity index (χ1n) is 14.0. The van der Waals surface area contributed by atoms with Crippen LogP contribution in [0.15, 0.2) is 0 Å². The summed E-state index contributed by atoms with van der Waals surface area (Å²) in [6.45, 7) is 2.61. The van der Waals surface area contributed by atoms with Gasteiger partial charge in [-0.15, -0.1) is 0 Å². The minimum absolute atomic E-state index is 0.0633. The highest BCUT2D eigenvalue weighted by Gasteiger charge is 2.42. The van der Waals surface area contributed by atoms with E-state index < -0.39 is 96.5 Å². The number of amides is 6. The molecule has 2 rings (SSSR count). The van der Waals surface area contributed by atoms with Crippen molar-refractivity contribution in [3.8, 4) is 0 Å². The van der Waals surface area contributed by atoms with Crippen LogP contribution in [0.25, 0.3) is 0 Å². The van der Waals surface area contributed by atoms with Crippen LogP contribution >= 0.6 is 0 Å². The predicted molar refractivity (Wildman–Crippen MR) is 146 cm³/mol. The lowest BCUT2D eigenvalue weighted by molar-refractivity contribution is -0.146. The number of carboxylic acids is 2. The Hall–Kier alpha value is -4.28. The Bertz CT molecular complexity index is 1110. The molecule has 6 amide bonds. The molecular formula is C26H40N6O11. The minimum Gasteiger partial charge on any atom is -0.481 e. The van der Waals surface area contributed by atoms with Crippen LogP contribution in [0.4, 0.5) is 0 Å². The predicted octanol–water partition coefficient (Wildman–Crippen LogP) is -2.96. The Morgan fingerprint density at radius 2 is 1.30 bits per heavy atom. The van der Waals surface area contributed by atoms with Gasteiger partial charge in [-0.25, -0.2) is 0 Å². The van der Waals surface area contributed by atoms with Gasteiger partial charge in [0, 0.05) is 32.9 Å². The SMILES string of the molecule is CC(=O)N[C@@H](CCC(=O)O)C(=O)N[C@H](C(=O)N1CCC[C@H]1C(=O)N[C@@H](CCC(=O)O)C(=O)N1CCC[C@H]1C(N)=O)[C@@H](C)O. The number of carbonyl (C=O) groups is 8. The highest BCUT2D eigenvalue weighted by molar-refractivity contribution is 5.97. The minimum atomic E-state index is -1.56. The molecule has 0 spiro atoms. The zero-order valence-electron chi connectivity index (χ0n) is 24.1. The highest BCUT2D eigenvalue weighted by atomic mass is 16.4. The molecule has 0 aliphatic carbocycles. The number of hydrogen-bond acceptors (Lipinski definition) is 9. The van der Waals surface area contributed by atoms with Crippen LogP contribution in [0.5, 0.6) is 0 Å². The van der Waals surface area contributed by atoms with Crippen LogP contribution < -0.4 is 21.7 Å². The number of carbonyl (C=O) groups excluding carboxylic acids is 6. The van der Waals surface area contributed by atoms with Crippen molar-refractivity contribution in [2.45, 2.75) is 102 Å². The monoisotopic (exact) mass is 612 g/mol. The lowest BCUT2D eigenvalue weighted by atomic mass is 10.1. The zero-order chi connectivity index (χ0) is 32.4. The van der Waals surface area contributed by atoms with Crippen LogP contribution in [0.2, 0.25) is 0 Å². The number of aliphatic hydroxyl groups is 1. The number of hydrogen-bond donors (Lipinski definition) is 7. The molecule has 2 saturated heterocycles. The lowest BCUT2D eigenvalue weighted by Crippen LogP contribution is -2.60. The molecule has 2 fully saturated rings. The van der Waals surface area contributed by atoms with Crippen molar-refractivity contribution in [1.29, 1.82) is 0 Å². The highest BCUT2D eigenvalue weighted by Crippen LogP contribution is 2.22. The van der Waals surface area contributed by atoms with Gasteiger partial charge in [0.1, 0.15) is 30.2 Å². The molecule has 2 heterocycles. The van der Waals surface area contributed by atoms with Crippen LogP contribution in [0.1, 0.15) is 65.2 Å². The molecule has 0 unspecified atom stereocenters. The molecule has 0 aromatic heterocycles. The Morgan fingerprint density at radius 1 is 0.791 bits per heavy atom. The Kier molecular flexibility index (Phi) is 12.8. The normalized spacial score (nSPS) is 20.8. The van der Waals surface area contributed by atoms with Gasteiger partial charge in [-0.1, -0.05) is 0 Å². The molecule has 0 radical (unpaired) electrons. The molecule has 6 atom stereocenters. The van der Waals surface area contributed by atoms with Crippen molar-refractivity contribution in [3.05, 3.63) is 0 Å². The standard InChI is InChI=1S/C26H40N6O11/c1-13(33)21(30-23(40)15(28-14(2)34)7-9-19(35)36)26(43)32-12-4-6-18(32)24(41)29-16(8-10-20(37)38)25(42)31-11-3-5-17(31)22(27)39/h13,15-18,21,33H,3-12H2,1-2H3,(H2,27,39)(H,28,34)(H,29,41)(H,30,40)(H,35,36)(H,37,38)/t13-,15+,16+,17+,18+,21+/m1/s1. The van der Waals surface area contributed by atoms with Gasteiger partial charge in [-0.3, -0.25) is 38.4 Å². The molecule has 43 heavy (non-hydrogen) atoms. The summed E-state index contributed by atoms with van der Waals surface area (Å²) >= 11 is 0. The maximum absolute atomic E-state index is 13.5. The van der Waals surface area contributed by atoms with Gasteiger partial charge in [0.2, 0.25) is 35.4 Å². The van der Waals surface area contributed by atoms with Gasteiger partial charge in [0.05, 0.1) is 6.10 Å². The third-order valence-corrected chi connectivity index (χ3v) is 7.35. The third kappa shape index (κ3) is 9.90. The van der Waals surface area contributed by atoms with E-state index in [0.717, 1.165) is 11.8 Å². The van der Waals surface area contributed by atoms with Crippen molar-refractivity contribution in [3.63, 3.8) is 0 Å². The molecule has 2 aliphatic rings. The summed E-state index contributed by atoms with van der Waals surface area (Å²) in [6.07, 6.45) is -1.59. The second-order valence-corrected chi connectivity index (χ2v) is 10.7. The van der Waals surface area contributed by atoms with Crippen LogP contribution in [-0.2, 0) is 38.4 Å². The first kappa shape index (κ1) is 34.9. The van der Waals surface area contributed by atoms with E-state index in [2.05, 4.69) is 16.0 Å². The van der Waals surface area contributed by atoms with E-state index in [-0.39, 0.29) is 32.4 Å². The van der Waals surface area contributed by atoms with Crippen molar-refractivity contribution in [2.24, 2.45) is 5.73 Å². The van der Waals surface area contributed by atoms with Gasteiger partial charge in [0.25, 0.3) is 0 Å². The molecule has 0 aromatic rings. The number of nitrogens with zero attached hydrogens (tertiary/aromatic N) is 2. The number of nitrogens with one attached hydrogen (secondary N) is 3. The van der Waals surface area contributed by atoms with E-state index in [1.54, 1.807) is 0 Å². The summed E-state index contributed by atoms with van der Waals surface area (Å²) in [7, 11) is 0. The number of rotatable bonds is 15. The van der Waals surface area contributed by atoms with Gasteiger partial charge >= 0.3 is 11.9 Å². The van der Waals surface area contributed by atoms with E-state index in [1.807, 2.05) is 0 Å². The number of likely N-dealkylation sites (tertiary alicyclic amines) is 2. The number of primary amides is 1. The summed E-state index contributed by atoms with van der Waals surface area (Å²) in [5.41, 5.74) is 5.40. The molecule has 0 aromatic carbocycles. The second-order valence-electron chi connectivity index (χ2n) is 10.7.